The molecule has 13 nitrogen and oxygen atoms in total. The lowest BCUT2D eigenvalue weighted by molar-refractivity contribution is -0.300. The molecule has 1 aromatic heterocycles. The van der Waals surface area contributed by atoms with Crippen molar-refractivity contribution in [1.29, 1.82) is 0 Å². The fraction of sp³-hybridized carbons (Fsp3) is 0.833. The summed E-state index contributed by atoms with van der Waals surface area (Å²) in [6.07, 6.45) is 8.48. The zero-order valence-corrected chi connectivity index (χ0v) is 25.0. The smallest absolute Gasteiger partial charge is 0.328 e. The van der Waals surface area contributed by atoms with Crippen LogP contribution in [-0.4, -0.2) is 88.2 Å². The number of H-pyrrole nitrogens is 1. The molecule has 0 bridgehead atoms. The van der Waals surface area contributed by atoms with E-state index in [1.54, 1.807) is 18.9 Å². The molecule has 2 spiro atoms. The third-order valence-corrected chi connectivity index (χ3v) is 9.86. The van der Waals surface area contributed by atoms with E-state index in [4.69, 9.17) is 33.3 Å². The van der Waals surface area contributed by atoms with E-state index in [1.807, 2.05) is 0 Å². The van der Waals surface area contributed by atoms with Gasteiger partial charge in [-0.25, -0.2) is 4.79 Å². The van der Waals surface area contributed by atoms with Crippen molar-refractivity contribution < 1.29 is 38.1 Å². The van der Waals surface area contributed by atoms with Crippen LogP contribution in [0.25, 0.3) is 0 Å². The lowest BCUT2D eigenvalue weighted by Gasteiger charge is -2.36. The third kappa shape index (κ3) is 5.51. The van der Waals surface area contributed by atoms with Gasteiger partial charge in [0, 0.05) is 43.9 Å². The van der Waals surface area contributed by atoms with Crippen molar-refractivity contribution in [2.75, 3.05) is 13.2 Å². The number of rotatable bonds is 6. The summed E-state index contributed by atoms with van der Waals surface area (Å²) in [5, 5.41) is 1.56. The molecular weight excluding hydrogens is 562 g/mol. The Bertz CT molecular complexity index is 1300. The van der Waals surface area contributed by atoms with Crippen LogP contribution in [0.1, 0.15) is 83.1 Å². The second-order valence-electron chi connectivity index (χ2n) is 12.9. The molecule has 0 aromatic carbocycles. The Morgan fingerprint density at radius 1 is 0.977 bits per heavy atom. The number of carbonyl (C=O) groups is 1. The quantitative estimate of drug-likeness (QED) is 0.477. The molecule has 0 unspecified atom stereocenters. The molecule has 238 valence electrons. The first-order valence-corrected chi connectivity index (χ1v) is 16.0. The van der Waals surface area contributed by atoms with Crippen LogP contribution < -0.4 is 11.2 Å². The van der Waals surface area contributed by atoms with Gasteiger partial charge in [0.15, 0.2) is 17.8 Å². The van der Waals surface area contributed by atoms with Gasteiger partial charge in [-0.1, -0.05) is 12.8 Å². The zero-order valence-electron chi connectivity index (χ0n) is 25.0. The minimum absolute atomic E-state index is 0.135. The Hall–Kier alpha value is -2.13. The van der Waals surface area contributed by atoms with Gasteiger partial charge in [-0.05, 0) is 39.5 Å². The average Bonchev–Trinajstić information content (AvgIpc) is 3.75. The monoisotopic (exact) mass is 605 g/mol. The van der Waals surface area contributed by atoms with Gasteiger partial charge in [-0.2, -0.15) is 0 Å². The van der Waals surface area contributed by atoms with Crippen LogP contribution in [0.5, 0.6) is 0 Å². The number of aromatic amines is 1. The number of nitrogens with zero attached hydrogens (tertiary/aromatic N) is 2. The van der Waals surface area contributed by atoms with Crippen LogP contribution in [0.15, 0.2) is 15.8 Å². The fourth-order valence-electron chi connectivity index (χ4n) is 7.77. The second-order valence-corrected chi connectivity index (χ2v) is 12.9. The number of hydrogen-bond donors (Lipinski definition) is 1. The molecule has 4 saturated heterocycles. The predicted molar refractivity (Wildman–Crippen MR) is 149 cm³/mol. The second kappa shape index (κ2) is 11.7. The summed E-state index contributed by atoms with van der Waals surface area (Å²) in [5.41, 5.74) is -0.562. The van der Waals surface area contributed by atoms with Crippen molar-refractivity contribution in [2.24, 2.45) is 0 Å². The molecule has 13 heteroatoms. The molecule has 0 radical (unpaired) electrons. The van der Waals surface area contributed by atoms with Gasteiger partial charge in [-0.15, -0.1) is 5.06 Å². The number of aromatic nitrogens is 2. The molecule has 0 amide bonds. The van der Waals surface area contributed by atoms with E-state index in [0.717, 1.165) is 57.8 Å². The first-order valence-electron chi connectivity index (χ1n) is 16.0. The largest absolute Gasteiger partial charge is 0.465 e. The van der Waals surface area contributed by atoms with Gasteiger partial charge >= 0.3 is 11.7 Å². The Morgan fingerprint density at radius 3 is 2.40 bits per heavy atom. The normalized spacial score (nSPS) is 36.8. The van der Waals surface area contributed by atoms with Crippen LogP contribution in [0, 0.1) is 6.92 Å². The van der Waals surface area contributed by atoms with Gasteiger partial charge in [0.25, 0.3) is 5.56 Å². The maximum absolute atomic E-state index is 13.3. The van der Waals surface area contributed by atoms with Crippen molar-refractivity contribution in [1.82, 2.24) is 14.6 Å². The van der Waals surface area contributed by atoms with Gasteiger partial charge in [0.05, 0.1) is 25.9 Å². The molecular formula is C30H43N3O10. The maximum Gasteiger partial charge on any atom is 0.328 e. The van der Waals surface area contributed by atoms with E-state index in [-0.39, 0.29) is 25.7 Å². The molecule has 4 aliphatic heterocycles. The van der Waals surface area contributed by atoms with Crippen LogP contribution in [0.2, 0.25) is 0 Å². The van der Waals surface area contributed by atoms with Crippen molar-refractivity contribution in [3.63, 3.8) is 0 Å². The molecule has 5 heterocycles. The summed E-state index contributed by atoms with van der Waals surface area (Å²) in [5.74, 6) is -1.71. The average molecular weight is 606 g/mol. The van der Waals surface area contributed by atoms with Crippen LogP contribution in [0.3, 0.4) is 0 Å². The highest BCUT2D eigenvalue weighted by molar-refractivity contribution is 5.76. The maximum atomic E-state index is 13.3. The highest BCUT2D eigenvalue weighted by atomic mass is 16.8. The number of esters is 1. The van der Waals surface area contributed by atoms with E-state index in [1.165, 1.54) is 17.2 Å². The Labute approximate surface area is 250 Å². The summed E-state index contributed by atoms with van der Waals surface area (Å²) in [6.45, 7) is 4.14. The van der Waals surface area contributed by atoms with Crippen molar-refractivity contribution in [3.8, 4) is 0 Å². The first kappa shape index (κ1) is 29.6. The molecule has 2 aliphatic carbocycles. The van der Waals surface area contributed by atoms with Crippen LogP contribution in [-0.2, 0) is 44.6 Å². The van der Waals surface area contributed by atoms with Crippen molar-refractivity contribution in [2.45, 2.75) is 145 Å². The molecule has 43 heavy (non-hydrogen) atoms. The van der Waals surface area contributed by atoms with Gasteiger partial charge in [0.2, 0.25) is 0 Å². The molecule has 1 aromatic rings. The molecule has 7 rings (SSSR count). The Kier molecular flexibility index (Phi) is 8.02. The lowest BCUT2D eigenvalue weighted by Crippen LogP contribution is -2.49. The molecule has 6 aliphatic rings. The van der Waals surface area contributed by atoms with E-state index in [9.17, 15) is 14.4 Å². The van der Waals surface area contributed by atoms with E-state index < -0.39 is 65.5 Å². The highest BCUT2D eigenvalue weighted by Gasteiger charge is 2.65. The minimum atomic E-state index is -0.786. The summed E-state index contributed by atoms with van der Waals surface area (Å²) < 4.78 is 39.9. The summed E-state index contributed by atoms with van der Waals surface area (Å²) in [7, 11) is 0. The fourth-order valence-corrected chi connectivity index (χ4v) is 7.77. The number of carbonyl (C=O) groups excluding carboxylic acids is 1. The van der Waals surface area contributed by atoms with E-state index >= 15 is 0 Å². The van der Waals surface area contributed by atoms with Gasteiger partial charge in [0.1, 0.15) is 30.5 Å². The molecule has 1 N–H and O–H groups in total. The SMILES string of the molecule is CCOC(=O)[C@@H]1C[C@H](Cn2cc(C)c(=O)[nH]c2=O)ON1[C@H]1O[C@H]([C@H]2COC3(CCCCC3)O2)[C@@H]2OC3(CCCCC3)O[C@@H]21. The van der Waals surface area contributed by atoms with Crippen molar-refractivity contribution >= 4 is 5.97 Å². The third-order valence-electron chi connectivity index (χ3n) is 9.86. The van der Waals surface area contributed by atoms with E-state index in [0.29, 0.717) is 12.2 Å². The highest BCUT2D eigenvalue weighted by Crippen LogP contribution is 2.50. The standard InChI is InChI=1S/C30H43N3O10/c1-3-37-27(35)20-14-19(16-32-15-18(2)25(34)31-28(32)36)43-33(20)26-24-23(41-30(42-24)12-8-5-9-13-30)22(39-26)21-17-38-29(40-21)10-6-4-7-11-29/h15,19-24,26H,3-14,16-17H2,1-2H3,(H,31,34,36)/t19-,20+,21-,22-,23+,24+,26+/m1/s1. The number of hydroxylamine groups is 2. The number of fused-ring (bicyclic) bond motifs is 1. The minimum Gasteiger partial charge on any atom is -0.465 e. The van der Waals surface area contributed by atoms with Crippen LogP contribution in [0.4, 0.5) is 0 Å². The first-order chi connectivity index (χ1) is 20.8. The number of hydrogen-bond acceptors (Lipinski definition) is 11. The lowest BCUT2D eigenvalue weighted by atomic mass is 9.94. The zero-order chi connectivity index (χ0) is 29.8. The molecule has 2 saturated carbocycles. The topological polar surface area (TPSA) is 140 Å². The molecule has 7 atom stereocenters. The summed E-state index contributed by atoms with van der Waals surface area (Å²) in [4.78, 5) is 46.5. The Morgan fingerprint density at radius 2 is 1.67 bits per heavy atom. The van der Waals surface area contributed by atoms with Crippen molar-refractivity contribution in [3.05, 3.63) is 32.6 Å². The number of aryl methyl sites for hydroxylation is 1. The van der Waals surface area contributed by atoms with Gasteiger partial charge < -0.3 is 28.4 Å². The van der Waals surface area contributed by atoms with E-state index in [2.05, 4.69) is 4.98 Å². The molecule has 6 fully saturated rings. The number of ether oxygens (including phenoxy) is 6. The summed E-state index contributed by atoms with van der Waals surface area (Å²) >= 11 is 0. The number of nitrogens with one attached hydrogen (secondary N) is 1. The van der Waals surface area contributed by atoms with Gasteiger partial charge in [-0.3, -0.25) is 24.0 Å². The summed E-state index contributed by atoms with van der Waals surface area (Å²) in [6, 6.07) is -0.786. The van der Waals surface area contributed by atoms with Crippen LogP contribution >= 0.6 is 0 Å². The Balaban J connectivity index is 1.16. The predicted octanol–water partition coefficient (Wildman–Crippen LogP) is 2.03.